The van der Waals surface area contributed by atoms with Crippen LogP contribution in [0.25, 0.3) is 11.3 Å². The Morgan fingerprint density at radius 2 is 2.17 bits per heavy atom. The predicted octanol–water partition coefficient (Wildman–Crippen LogP) is 2.53. The SMILES string of the molecule is Cc1nc(CCC(=O)N2CCCC(N)C2)oc1-c1ccccc1. The molecule has 0 spiro atoms. The average molecular weight is 313 g/mol. The summed E-state index contributed by atoms with van der Waals surface area (Å²) in [5.74, 6) is 1.54. The number of oxazole rings is 1. The van der Waals surface area contributed by atoms with E-state index >= 15 is 0 Å². The highest BCUT2D eigenvalue weighted by atomic mass is 16.4. The normalized spacial score (nSPS) is 18.2. The second-order valence-electron chi connectivity index (χ2n) is 6.13. The van der Waals surface area contributed by atoms with Gasteiger partial charge in [-0.05, 0) is 19.8 Å². The first-order valence-electron chi connectivity index (χ1n) is 8.18. The molecule has 2 heterocycles. The van der Waals surface area contributed by atoms with Crippen LogP contribution in [0, 0.1) is 6.92 Å². The van der Waals surface area contributed by atoms with Crippen LogP contribution in [0.15, 0.2) is 34.7 Å². The summed E-state index contributed by atoms with van der Waals surface area (Å²) in [6, 6.07) is 10.0. The molecule has 1 saturated heterocycles. The molecule has 1 fully saturated rings. The summed E-state index contributed by atoms with van der Waals surface area (Å²) in [6.07, 6.45) is 2.94. The van der Waals surface area contributed by atoms with Crippen molar-refractivity contribution in [1.29, 1.82) is 0 Å². The molecular formula is C18H23N3O2. The van der Waals surface area contributed by atoms with Gasteiger partial charge in [0.05, 0.1) is 5.69 Å². The third-order valence-corrected chi connectivity index (χ3v) is 4.24. The Morgan fingerprint density at radius 1 is 1.39 bits per heavy atom. The first-order valence-corrected chi connectivity index (χ1v) is 8.18. The number of likely N-dealkylation sites (tertiary alicyclic amines) is 1. The maximum Gasteiger partial charge on any atom is 0.223 e. The molecule has 2 aromatic rings. The molecule has 1 aliphatic heterocycles. The van der Waals surface area contributed by atoms with Gasteiger partial charge in [-0.1, -0.05) is 30.3 Å². The van der Waals surface area contributed by atoms with E-state index in [4.69, 9.17) is 10.2 Å². The summed E-state index contributed by atoms with van der Waals surface area (Å²) in [5, 5.41) is 0. The molecule has 1 atom stereocenters. The maximum atomic E-state index is 12.3. The minimum absolute atomic E-state index is 0.112. The van der Waals surface area contributed by atoms with Crippen molar-refractivity contribution in [3.05, 3.63) is 41.9 Å². The molecule has 1 amide bonds. The maximum absolute atomic E-state index is 12.3. The van der Waals surface area contributed by atoms with Crippen molar-refractivity contribution in [2.24, 2.45) is 5.73 Å². The third-order valence-electron chi connectivity index (χ3n) is 4.24. The summed E-state index contributed by atoms with van der Waals surface area (Å²) < 4.78 is 5.85. The highest BCUT2D eigenvalue weighted by Crippen LogP contribution is 2.24. The molecule has 5 heteroatoms. The number of aromatic nitrogens is 1. The lowest BCUT2D eigenvalue weighted by molar-refractivity contribution is -0.132. The van der Waals surface area contributed by atoms with E-state index in [0.717, 1.165) is 36.4 Å². The molecule has 5 nitrogen and oxygen atoms in total. The Bertz CT molecular complexity index is 666. The van der Waals surface area contributed by atoms with Crippen molar-refractivity contribution in [3.63, 3.8) is 0 Å². The highest BCUT2D eigenvalue weighted by molar-refractivity contribution is 5.76. The number of rotatable bonds is 4. The van der Waals surface area contributed by atoms with Crippen LogP contribution in [0.1, 0.15) is 30.8 Å². The van der Waals surface area contributed by atoms with Crippen LogP contribution < -0.4 is 5.73 Å². The second kappa shape index (κ2) is 6.96. The van der Waals surface area contributed by atoms with Crippen molar-refractivity contribution in [2.45, 2.75) is 38.6 Å². The van der Waals surface area contributed by atoms with E-state index in [9.17, 15) is 4.79 Å². The smallest absolute Gasteiger partial charge is 0.223 e. The fourth-order valence-corrected chi connectivity index (χ4v) is 3.03. The van der Waals surface area contributed by atoms with Crippen LogP contribution in [0.5, 0.6) is 0 Å². The minimum atomic E-state index is 0.112. The molecule has 23 heavy (non-hydrogen) atoms. The Hall–Kier alpha value is -2.14. The predicted molar refractivity (Wildman–Crippen MR) is 88.8 cm³/mol. The molecule has 0 saturated carbocycles. The summed E-state index contributed by atoms with van der Waals surface area (Å²) in [4.78, 5) is 18.6. The van der Waals surface area contributed by atoms with Gasteiger partial charge in [0.25, 0.3) is 0 Å². The number of aryl methyl sites for hydroxylation is 2. The molecule has 1 aromatic heterocycles. The number of carbonyl (C=O) groups excluding carboxylic acids is 1. The second-order valence-corrected chi connectivity index (χ2v) is 6.13. The number of nitrogens with two attached hydrogens (primary N) is 1. The van der Waals surface area contributed by atoms with Gasteiger partial charge in [-0.15, -0.1) is 0 Å². The van der Waals surface area contributed by atoms with Crippen LogP contribution in [-0.4, -0.2) is 34.9 Å². The zero-order valence-corrected chi connectivity index (χ0v) is 13.5. The fourth-order valence-electron chi connectivity index (χ4n) is 3.03. The Balaban J connectivity index is 1.62. The number of benzene rings is 1. The number of carbonyl (C=O) groups is 1. The first-order chi connectivity index (χ1) is 11.1. The van der Waals surface area contributed by atoms with Gasteiger partial charge in [-0.25, -0.2) is 4.98 Å². The van der Waals surface area contributed by atoms with E-state index in [1.807, 2.05) is 42.2 Å². The summed E-state index contributed by atoms with van der Waals surface area (Å²) in [7, 11) is 0. The van der Waals surface area contributed by atoms with Gasteiger partial charge in [-0.2, -0.15) is 0 Å². The minimum Gasteiger partial charge on any atom is -0.440 e. The number of amides is 1. The highest BCUT2D eigenvalue weighted by Gasteiger charge is 2.21. The molecule has 3 rings (SSSR count). The molecule has 1 unspecified atom stereocenters. The van der Waals surface area contributed by atoms with Gasteiger partial charge in [-0.3, -0.25) is 4.79 Å². The lowest BCUT2D eigenvalue weighted by Crippen LogP contribution is -2.45. The number of piperidine rings is 1. The molecule has 0 aliphatic carbocycles. The van der Waals surface area contributed by atoms with Crippen molar-refractivity contribution in [1.82, 2.24) is 9.88 Å². The van der Waals surface area contributed by atoms with E-state index in [-0.39, 0.29) is 11.9 Å². The molecule has 0 bridgehead atoms. The van der Waals surface area contributed by atoms with Crippen LogP contribution in [0.4, 0.5) is 0 Å². The summed E-state index contributed by atoms with van der Waals surface area (Å²) >= 11 is 0. The lowest BCUT2D eigenvalue weighted by Gasteiger charge is -2.30. The molecule has 1 aromatic carbocycles. The molecule has 0 radical (unpaired) electrons. The zero-order valence-electron chi connectivity index (χ0n) is 13.5. The summed E-state index contributed by atoms with van der Waals surface area (Å²) in [6.45, 7) is 3.41. The van der Waals surface area contributed by atoms with E-state index in [0.29, 0.717) is 25.3 Å². The van der Waals surface area contributed by atoms with Gasteiger partial charge in [0.2, 0.25) is 5.91 Å². The van der Waals surface area contributed by atoms with Gasteiger partial charge in [0.15, 0.2) is 11.7 Å². The van der Waals surface area contributed by atoms with Gasteiger partial charge in [0, 0.05) is 37.5 Å². The topological polar surface area (TPSA) is 72.4 Å². The summed E-state index contributed by atoms with van der Waals surface area (Å²) in [5.41, 5.74) is 7.80. The molecule has 1 aliphatic rings. The van der Waals surface area contributed by atoms with Gasteiger partial charge in [0.1, 0.15) is 0 Å². The zero-order chi connectivity index (χ0) is 16.2. The van der Waals surface area contributed by atoms with Crippen molar-refractivity contribution >= 4 is 5.91 Å². The average Bonchev–Trinajstić information content (AvgIpc) is 2.94. The number of nitrogens with zero attached hydrogens (tertiary/aromatic N) is 2. The molecule has 2 N–H and O–H groups in total. The first kappa shape index (κ1) is 15.7. The van der Waals surface area contributed by atoms with Crippen molar-refractivity contribution in [3.8, 4) is 11.3 Å². The Morgan fingerprint density at radius 3 is 2.91 bits per heavy atom. The number of hydrogen-bond acceptors (Lipinski definition) is 4. The monoisotopic (exact) mass is 313 g/mol. The van der Waals surface area contributed by atoms with Crippen LogP contribution in [0.3, 0.4) is 0 Å². The largest absolute Gasteiger partial charge is 0.440 e. The Labute approximate surface area is 136 Å². The lowest BCUT2D eigenvalue weighted by atomic mass is 10.1. The van der Waals surface area contributed by atoms with E-state index < -0.39 is 0 Å². The standard InChI is InChI=1S/C18H23N3O2/c1-13-18(14-6-3-2-4-7-14)23-16(20-13)9-10-17(22)21-11-5-8-15(19)12-21/h2-4,6-7,15H,5,8-12,19H2,1H3. The van der Waals surface area contributed by atoms with Crippen molar-refractivity contribution < 1.29 is 9.21 Å². The van der Waals surface area contributed by atoms with E-state index in [1.165, 1.54) is 0 Å². The van der Waals surface area contributed by atoms with Crippen LogP contribution in [0.2, 0.25) is 0 Å². The van der Waals surface area contributed by atoms with E-state index in [1.54, 1.807) is 0 Å². The van der Waals surface area contributed by atoms with E-state index in [2.05, 4.69) is 4.98 Å². The van der Waals surface area contributed by atoms with Gasteiger partial charge >= 0.3 is 0 Å². The molecule has 122 valence electrons. The third kappa shape index (κ3) is 3.79. The quantitative estimate of drug-likeness (QED) is 0.941. The molecular weight excluding hydrogens is 290 g/mol. The number of hydrogen-bond donors (Lipinski definition) is 1. The van der Waals surface area contributed by atoms with Crippen LogP contribution in [-0.2, 0) is 11.2 Å². The van der Waals surface area contributed by atoms with Gasteiger partial charge < -0.3 is 15.1 Å². The fraction of sp³-hybridized carbons (Fsp3) is 0.444. The van der Waals surface area contributed by atoms with Crippen LogP contribution >= 0.6 is 0 Å². The van der Waals surface area contributed by atoms with Crippen molar-refractivity contribution in [2.75, 3.05) is 13.1 Å². The Kier molecular flexibility index (Phi) is 4.76.